The van der Waals surface area contributed by atoms with Crippen LogP contribution in [0.2, 0.25) is 0 Å². The van der Waals surface area contributed by atoms with Crippen molar-refractivity contribution in [2.75, 3.05) is 6.54 Å². The number of nitrogens with one attached hydrogen (secondary N) is 1. The van der Waals surface area contributed by atoms with Crippen LogP contribution in [0.25, 0.3) is 0 Å². The number of fused-ring (bicyclic) bond motifs is 1. The molecule has 1 atom stereocenters. The second-order valence-electron chi connectivity index (χ2n) is 6.53. The first-order valence-electron chi connectivity index (χ1n) is 8.33. The molecular weight excluding hydrogens is 262 g/mol. The van der Waals surface area contributed by atoms with Gasteiger partial charge in [0.05, 0.1) is 6.10 Å². The average molecular weight is 287 g/mol. The van der Waals surface area contributed by atoms with E-state index in [-0.39, 0.29) is 5.91 Å². The van der Waals surface area contributed by atoms with Gasteiger partial charge in [-0.1, -0.05) is 50.7 Å². The zero-order chi connectivity index (χ0) is 14.7. The monoisotopic (exact) mass is 287 g/mol. The molecule has 1 amide bonds. The third-order valence-electron chi connectivity index (χ3n) is 4.97. The van der Waals surface area contributed by atoms with Gasteiger partial charge in [0.25, 0.3) is 5.91 Å². The lowest BCUT2D eigenvalue weighted by molar-refractivity contribution is 0.0945. The fourth-order valence-electron chi connectivity index (χ4n) is 3.69. The molecule has 2 N–H and O–H groups in total. The number of carbonyl (C=O) groups excluding carboxylic acids is 1. The number of rotatable bonds is 3. The minimum Gasteiger partial charge on any atom is -0.388 e. The van der Waals surface area contributed by atoms with E-state index in [1.165, 1.54) is 38.5 Å². The molecule has 0 spiro atoms. The molecule has 1 saturated carbocycles. The third kappa shape index (κ3) is 3.46. The first-order chi connectivity index (χ1) is 10.2. The quantitative estimate of drug-likeness (QED) is 0.837. The van der Waals surface area contributed by atoms with Crippen molar-refractivity contribution in [3.05, 3.63) is 34.9 Å². The predicted octanol–water partition coefficient (Wildman–Crippen LogP) is 3.37. The molecule has 1 aliphatic heterocycles. The van der Waals surface area contributed by atoms with Crippen LogP contribution in [-0.4, -0.2) is 17.6 Å². The van der Waals surface area contributed by atoms with Gasteiger partial charge in [-0.15, -0.1) is 0 Å². The molecule has 3 nitrogen and oxygen atoms in total. The first-order valence-corrected chi connectivity index (χ1v) is 8.33. The van der Waals surface area contributed by atoms with E-state index in [1.807, 2.05) is 18.2 Å². The maximum atomic E-state index is 11.9. The molecule has 1 aromatic carbocycles. The van der Waals surface area contributed by atoms with Crippen LogP contribution >= 0.6 is 0 Å². The smallest absolute Gasteiger partial charge is 0.251 e. The molecule has 0 aromatic heterocycles. The molecule has 2 aliphatic rings. The van der Waals surface area contributed by atoms with Crippen LogP contribution in [0, 0.1) is 5.92 Å². The van der Waals surface area contributed by atoms with Gasteiger partial charge >= 0.3 is 0 Å². The van der Waals surface area contributed by atoms with E-state index in [1.54, 1.807) is 0 Å². The minimum atomic E-state index is -0.437. The van der Waals surface area contributed by atoms with Gasteiger partial charge in [0.2, 0.25) is 0 Å². The summed E-state index contributed by atoms with van der Waals surface area (Å²) in [6, 6.07) is 5.91. The Hall–Kier alpha value is -1.35. The lowest BCUT2D eigenvalue weighted by atomic mass is 9.89. The number of aliphatic hydroxyl groups is 1. The van der Waals surface area contributed by atoms with Crippen molar-refractivity contribution < 1.29 is 9.90 Å². The second-order valence-corrected chi connectivity index (χ2v) is 6.53. The van der Waals surface area contributed by atoms with E-state index in [0.717, 1.165) is 36.1 Å². The SMILES string of the molecule is O=C1NCCc2ccc(C(O)CC3CCCCCC3)cc21. The zero-order valence-electron chi connectivity index (χ0n) is 12.6. The molecule has 114 valence electrons. The normalized spacial score (nSPS) is 21.3. The molecule has 1 unspecified atom stereocenters. The van der Waals surface area contributed by atoms with Crippen LogP contribution in [-0.2, 0) is 6.42 Å². The largest absolute Gasteiger partial charge is 0.388 e. The van der Waals surface area contributed by atoms with Crippen molar-refractivity contribution in [2.24, 2.45) is 5.92 Å². The Morgan fingerprint density at radius 1 is 1.19 bits per heavy atom. The maximum Gasteiger partial charge on any atom is 0.251 e. The van der Waals surface area contributed by atoms with Crippen molar-refractivity contribution in [3.63, 3.8) is 0 Å². The summed E-state index contributed by atoms with van der Waals surface area (Å²) >= 11 is 0. The van der Waals surface area contributed by atoms with E-state index in [2.05, 4.69) is 5.32 Å². The Morgan fingerprint density at radius 2 is 1.95 bits per heavy atom. The molecule has 3 heteroatoms. The molecule has 1 aliphatic carbocycles. The van der Waals surface area contributed by atoms with Crippen LogP contribution in [0.3, 0.4) is 0 Å². The molecule has 0 radical (unpaired) electrons. The molecule has 1 aromatic rings. The van der Waals surface area contributed by atoms with E-state index in [0.29, 0.717) is 5.92 Å². The topological polar surface area (TPSA) is 49.3 Å². The predicted molar refractivity (Wildman–Crippen MR) is 83.2 cm³/mol. The van der Waals surface area contributed by atoms with E-state index in [9.17, 15) is 9.90 Å². The van der Waals surface area contributed by atoms with Gasteiger partial charge < -0.3 is 10.4 Å². The van der Waals surface area contributed by atoms with E-state index < -0.39 is 6.10 Å². The molecule has 1 fully saturated rings. The highest BCUT2D eigenvalue weighted by molar-refractivity contribution is 5.96. The van der Waals surface area contributed by atoms with Crippen LogP contribution in [0.4, 0.5) is 0 Å². The highest BCUT2D eigenvalue weighted by atomic mass is 16.3. The minimum absolute atomic E-state index is 0.000216. The van der Waals surface area contributed by atoms with Gasteiger partial charge in [-0.2, -0.15) is 0 Å². The standard InChI is InChI=1S/C18H25NO2/c20-17(11-13-5-3-1-2-4-6-13)15-8-7-14-9-10-19-18(21)16(14)12-15/h7-8,12-13,17,20H,1-6,9-11H2,(H,19,21). The molecule has 21 heavy (non-hydrogen) atoms. The Labute approximate surface area is 126 Å². The van der Waals surface area contributed by atoms with Gasteiger partial charge in [0.1, 0.15) is 0 Å². The highest BCUT2D eigenvalue weighted by Gasteiger charge is 2.21. The van der Waals surface area contributed by atoms with Gasteiger partial charge in [-0.05, 0) is 36.0 Å². The number of hydrogen-bond acceptors (Lipinski definition) is 2. The lowest BCUT2D eigenvalue weighted by Crippen LogP contribution is -2.31. The Kier molecular flexibility index (Phi) is 4.59. The van der Waals surface area contributed by atoms with Crippen LogP contribution in [0.15, 0.2) is 18.2 Å². The summed E-state index contributed by atoms with van der Waals surface area (Å²) in [6.07, 6.45) is 9.03. The number of aliphatic hydroxyl groups excluding tert-OH is 1. The molecular formula is C18H25NO2. The summed E-state index contributed by atoms with van der Waals surface area (Å²) in [5, 5.41) is 13.4. The number of carbonyl (C=O) groups is 1. The van der Waals surface area contributed by atoms with E-state index in [4.69, 9.17) is 0 Å². The van der Waals surface area contributed by atoms with Crippen molar-refractivity contribution in [1.29, 1.82) is 0 Å². The number of amides is 1. The summed E-state index contributed by atoms with van der Waals surface area (Å²) in [6.45, 7) is 0.718. The maximum absolute atomic E-state index is 11.9. The lowest BCUT2D eigenvalue weighted by Gasteiger charge is -2.21. The van der Waals surface area contributed by atoms with Gasteiger partial charge in [-0.3, -0.25) is 4.79 Å². The molecule has 3 rings (SSSR count). The summed E-state index contributed by atoms with van der Waals surface area (Å²) in [5.74, 6) is 0.632. The number of benzene rings is 1. The average Bonchev–Trinajstić information content (AvgIpc) is 2.76. The Bertz CT molecular complexity index is 504. The summed E-state index contributed by atoms with van der Waals surface area (Å²) in [5.41, 5.74) is 2.75. The first kappa shape index (κ1) is 14.6. The van der Waals surface area contributed by atoms with Crippen LogP contribution < -0.4 is 5.32 Å². The fourth-order valence-corrected chi connectivity index (χ4v) is 3.69. The summed E-state index contributed by atoms with van der Waals surface area (Å²) < 4.78 is 0. The Balaban J connectivity index is 1.70. The van der Waals surface area contributed by atoms with Gasteiger partial charge in [0.15, 0.2) is 0 Å². The summed E-state index contributed by atoms with van der Waals surface area (Å²) in [7, 11) is 0. The Morgan fingerprint density at radius 3 is 2.71 bits per heavy atom. The number of hydrogen-bond donors (Lipinski definition) is 2. The van der Waals surface area contributed by atoms with Crippen molar-refractivity contribution in [3.8, 4) is 0 Å². The zero-order valence-corrected chi connectivity index (χ0v) is 12.6. The molecule has 1 heterocycles. The van der Waals surface area contributed by atoms with Crippen LogP contribution in [0.1, 0.15) is 72.5 Å². The van der Waals surface area contributed by atoms with Crippen LogP contribution in [0.5, 0.6) is 0 Å². The van der Waals surface area contributed by atoms with Gasteiger partial charge in [-0.25, -0.2) is 0 Å². The molecule has 0 bridgehead atoms. The third-order valence-corrected chi connectivity index (χ3v) is 4.97. The van der Waals surface area contributed by atoms with Gasteiger partial charge in [0, 0.05) is 12.1 Å². The van der Waals surface area contributed by atoms with Crippen molar-refractivity contribution in [1.82, 2.24) is 5.32 Å². The summed E-state index contributed by atoms with van der Waals surface area (Å²) in [4.78, 5) is 11.9. The van der Waals surface area contributed by atoms with Crippen molar-refractivity contribution >= 4 is 5.91 Å². The highest BCUT2D eigenvalue weighted by Crippen LogP contribution is 2.32. The fraction of sp³-hybridized carbons (Fsp3) is 0.611. The van der Waals surface area contributed by atoms with E-state index >= 15 is 0 Å². The van der Waals surface area contributed by atoms with Crippen molar-refractivity contribution in [2.45, 2.75) is 57.5 Å². The second kappa shape index (κ2) is 6.61. The molecule has 0 saturated heterocycles.